The van der Waals surface area contributed by atoms with Crippen LogP contribution in [0.3, 0.4) is 0 Å². The molecule has 0 aromatic heterocycles. The van der Waals surface area contributed by atoms with Crippen LogP contribution in [-0.4, -0.2) is 0 Å². The molecule has 0 spiro atoms. The number of hydrogen-bond acceptors (Lipinski definition) is 1. The van der Waals surface area contributed by atoms with Gasteiger partial charge in [0.05, 0.1) is 12.2 Å². The van der Waals surface area contributed by atoms with Gasteiger partial charge >= 0.3 is 0 Å². The van der Waals surface area contributed by atoms with Crippen molar-refractivity contribution >= 4 is 23.2 Å². The minimum absolute atomic E-state index is 0. The van der Waals surface area contributed by atoms with Crippen LogP contribution in [-0.2, 0) is 12.6 Å². The number of halogens is 1. The van der Waals surface area contributed by atoms with Gasteiger partial charge in [0.15, 0.2) is 0 Å². The lowest BCUT2D eigenvalue weighted by Gasteiger charge is -2.28. The zero-order valence-corrected chi connectivity index (χ0v) is 19.0. The van der Waals surface area contributed by atoms with Gasteiger partial charge in [0.1, 0.15) is 23.2 Å². The Hall–Kier alpha value is -2.91. The Morgan fingerprint density at radius 1 is 0.581 bits per heavy atom. The van der Waals surface area contributed by atoms with Gasteiger partial charge < -0.3 is 12.4 Å². The van der Waals surface area contributed by atoms with Crippen LogP contribution in [0.25, 0.3) is 0 Å². The highest BCUT2D eigenvalue weighted by Crippen LogP contribution is 2.58. The molecule has 0 fully saturated rings. The second-order valence-corrected chi connectivity index (χ2v) is 10.9. The fourth-order valence-corrected chi connectivity index (χ4v) is 8.36. The van der Waals surface area contributed by atoms with Gasteiger partial charge in [0.2, 0.25) is 0 Å². The number of nitrogens with zero attached hydrogens (tertiary/aromatic N) is 1. The van der Waals surface area contributed by atoms with E-state index in [0.717, 1.165) is 12.6 Å². The van der Waals surface area contributed by atoms with Gasteiger partial charge in [-0.15, -0.1) is 0 Å². The normalized spacial score (nSPS) is 10.7. The van der Waals surface area contributed by atoms with Gasteiger partial charge in [0.25, 0.3) is 0 Å². The quantitative estimate of drug-likeness (QED) is 0.404. The van der Waals surface area contributed by atoms with Crippen molar-refractivity contribution in [2.45, 2.75) is 19.0 Å². The Morgan fingerprint density at radius 3 is 1.48 bits per heavy atom. The smallest absolute Gasteiger partial charge is 0.116 e. The van der Waals surface area contributed by atoms with E-state index in [1.807, 2.05) is 0 Å². The molecule has 0 N–H and O–H groups in total. The van der Waals surface area contributed by atoms with Crippen LogP contribution in [0.15, 0.2) is 115 Å². The van der Waals surface area contributed by atoms with Crippen molar-refractivity contribution in [3.8, 4) is 6.07 Å². The average Bonchev–Trinajstić information content (AvgIpc) is 2.83. The summed E-state index contributed by atoms with van der Waals surface area (Å²) in [5.74, 6) is 0. The first-order valence-electron chi connectivity index (χ1n) is 10.3. The van der Waals surface area contributed by atoms with Crippen molar-refractivity contribution in [2.75, 3.05) is 0 Å². The Labute approximate surface area is 192 Å². The van der Waals surface area contributed by atoms with Crippen LogP contribution in [0.5, 0.6) is 0 Å². The minimum atomic E-state index is -1.89. The number of hydrogen-bond donors (Lipinski definition) is 0. The Balaban J connectivity index is 0.00000272. The molecule has 0 amide bonds. The summed E-state index contributed by atoms with van der Waals surface area (Å²) in [5.41, 5.74) is 2.57. The highest BCUT2D eigenvalue weighted by Gasteiger charge is 2.45. The molecule has 154 valence electrons. The van der Waals surface area contributed by atoms with Crippen LogP contribution < -0.4 is 28.3 Å². The van der Waals surface area contributed by atoms with Crippen LogP contribution >= 0.6 is 7.26 Å². The summed E-state index contributed by atoms with van der Waals surface area (Å²) >= 11 is 0. The average molecular weight is 442 g/mol. The molecule has 0 atom stereocenters. The topological polar surface area (TPSA) is 23.8 Å². The summed E-state index contributed by atoms with van der Waals surface area (Å²) in [4.78, 5) is 0. The molecule has 0 unspecified atom stereocenters. The van der Waals surface area contributed by atoms with Crippen LogP contribution in [0.4, 0.5) is 0 Å². The third kappa shape index (κ3) is 5.05. The van der Waals surface area contributed by atoms with Crippen LogP contribution in [0, 0.1) is 11.3 Å². The Morgan fingerprint density at radius 2 is 1.03 bits per heavy atom. The molecule has 0 saturated carbocycles. The zero-order valence-electron chi connectivity index (χ0n) is 17.4. The highest BCUT2D eigenvalue weighted by molar-refractivity contribution is 7.95. The molecule has 0 aliphatic heterocycles. The van der Waals surface area contributed by atoms with E-state index in [9.17, 15) is 0 Å². The number of nitriles is 1. The maximum atomic E-state index is 8.98. The summed E-state index contributed by atoms with van der Waals surface area (Å²) in [6.45, 7) is 0. The molecule has 1 nitrogen and oxygen atoms in total. The van der Waals surface area contributed by atoms with Crippen molar-refractivity contribution in [3.05, 3.63) is 126 Å². The molecule has 0 heterocycles. The molecule has 0 aliphatic carbocycles. The van der Waals surface area contributed by atoms with E-state index in [1.54, 1.807) is 0 Å². The van der Waals surface area contributed by atoms with Crippen molar-refractivity contribution in [1.82, 2.24) is 0 Å². The molecule has 0 aliphatic rings. The molecule has 0 radical (unpaired) electrons. The lowest BCUT2D eigenvalue weighted by Crippen LogP contribution is -3.00. The fraction of sp³-hybridized carbons (Fsp3) is 0.107. The first kappa shape index (κ1) is 22.8. The predicted molar refractivity (Wildman–Crippen MR) is 129 cm³/mol. The molecule has 4 rings (SSSR count). The van der Waals surface area contributed by atoms with E-state index in [-0.39, 0.29) is 12.4 Å². The van der Waals surface area contributed by atoms with Crippen molar-refractivity contribution in [1.29, 1.82) is 5.26 Å². The van der Waals surface area contributed by atoms with Gasteiger partial charge in [0, 0.05) is 6.42 Å². The molecule has 4 aromatic carbocycles. The van der Waals surface area contributed by atoms with E-state index in [0.29, 0.717) is 6.42 Å². The molecule has 0 saturated heterocycles. The Bertz CT molecular complexity index is 1030. The first-order chi connectivity index (χ1) is 14.8. The summed E-state index contributed by atoms with van der Waals surface area (Å²) < 4.78 is 0. The summed E-state index contributed by atoms with van der Waals surface area (Å²) in [5, 5.41) is 13.2. The van der Waals surface area contributed by atoms with Gasteiger partial charge in [-0.1, -0.05) is 78.9 Å². The largest absolute Gasteiger partial charge is 1.00 e. The van der Waals surface area contributed by atoms with Crippen LogP contribution in [0.2, 0.25) is 0 Å². The standard InChI is InChI=1S/C28H25NP.ClH/c29-21-11-14-24-12-10-13-25(22-24)23-30(26-15-4-1-5-16-26,27-17-6-2-7-18-27)28-19-8-3-9-20-28;/h1-10,12-13,15-20,22H,11,14,23H2;1H/q+1;/p-1. The highest BCUT2D eigenvalue weighted by atomic mass is 35.5. The van der Waals surface area contributed by atoms with Gasteiger partial charge in [-0.2, -0.15) is 5.26 Å². The van der Waals surface area contributed by atoms with E-state index in [2.05, 4.69) is 121 Å². The number of aryl methyl sites for hydroxylation is 1. The van der Waals surface area contributed by atoms with Crippen molar-refractivity contribution < 1.29 is 12.4 Å². The fourth-order valence-electron chi connectivity index (χ4n) is 4.13. The third-order valence-electron chi connectivity index (χ3n) is 5.53. The molecule has 4 aromatic rings. The van der Waals surface area contributed by atoms with E-state index >= 15 is 0 Å². The van der Waals surface area contributed by atoms with Crippen molar-refractivity contribution in [2.24, 2.45) is 0 Å². The number of benzene rings is 4. The molecule has 3 heteroatoms. The van der Waals surface area contributed by atoms with E-state index in [1.165, 1.54) is 27.0 Å². The maximum Gasteiger partial charge on any atom is 0.116 e. The molecule has 0 bridgehead atoms. The van der Waals surface area contributed by atoms with Gasteiger partial charge in [-0.25, -0.2) is 0 Å². The van der Waals surface area contributed by atoms with E-state index < -0.39 is 7.26 Å². The predicted octanol–water partition coefficient (Wildman–Crippen LogP) is 2.64. The lowest BCUT2D eigenvalue weighted by atomic mass is 10.1. The maximum absolute atomic E-state index is 8.98. The monoisotopic (exact) mass is 441 g/mol. The minimum Gasteiger partial charge on any atom is -1.00 e. The summed E-state index contributed by atoms with van der Waals surface area (Å²) in [7, 11) is -1.89. The molecule has 31 heavy (non-hydrogen) atoms. The number of rotatable bonds is 7. The van der Waals surface area contributed by atoms with Gasteiger partial charge in [-0.3, -0.25) is 0 Å². The SMILES string of the molecule is N#CCCc1cccc(C[P+](c2ccccc2)(c2ccccc2)c2ccccc2)c1.[Cl-]. The summed E-state index contributed by atoms with van der Waals surface area (Å²) in [6, 6.07) is 44.0. The van der Waals surface area contributed by atoms with Crippen LogP contribution in [0.1, 0.15) is 17.5 Å². The first-order valence-corrected chi connectivity index (χ1v) is 12.3. The molecular weight excluding hydrogens is 417 g/mol. The second-order valence-electron chi connectivity index (χ2n) is 7.45. The zero-order chi connectivity index (χ0) is 20.7. The third-order valence-corrected chi connectivity index (χ3v) is 9.91. The second kappa shape index (κ2) is 10.9. The summed E-state index contributed by atoms with van der Waals surface area (Å²) in [6.07, 6.45) is 2.32. The van der Waals surface area contributed by atoms with Crippen molar-refractivity contribution in [3.63, 3.8) is 0 Å². The van der Waals surface area contributed by atoms with Gasteiger partial charge in [-0.05, 0) is 53.9 Å². The van der Waals surface area contributed by atoms with E-state index in [4.69, 9.17) is 5.26 Å². The molecular formula is C28H25ClNP. The Kier molecular flexibility index (Phi) is 8.02. The lowest BCUT2D eigenvalue weighted by molar-refractivity contribution is -0.00000613.